The minimum atomic E-state index is -0.257. The number of hydrogen-bond acceptors (Lipinski definition) is 6. The molecule has 0 spiro atoms. The van der Waals surface area contributed by atoms with Crippen LogP contribution in [0.4, 0.5) is 0 Å². The summed E-state index contributed by atoms with van der Waals surface area (Å²) in [5, 5.41) is 14.5. The normalized spacial score (nSPS) is 24.2. The van der Waals surface area contributed by atoms with Crippen LogP contribution in [0.5, 0.6) is 5.75 Å². The maximum absolute atomic E-state index is 12.8. The number of carbonyl (C=O) groups excluding carboxylic acids is 1. The van der Waals surface area contributed by atoms with E-state index >= 15 is 0 Å². The van der Waals surface area contributed by atoms with Crippen molar-refractivity contribution < 1.29 is 19.2 Å². The second-order valence-corrected chi connectivity index (χ2v) is 8.41. The number of methoxy groups -OCH3 is 1. The van der Waals surface area contributed by atoms with Gasteiger partial charge in [0.1, 0.15) is 5.75 Å². The molecule has 1 aliphatic heterocycles. The van der Waals surface area contributed by atoms with Gasteiger partial charge in [-0.3, -0.25) is 4.79 Å². The number of hydrogen-bond donors (Lipinski definition) is 1. The van der Waals surface area contributed by atoms with E-state index in [2.05, 4.69) is 10.1 Å². The smallest absolute Gasteiger partial charge is 0.226 e. The second-order valence-electron chi connectivity index (χ2n) is 8.41. The molecule has 1 N–H and O–H groups in total. The predicted molar refractivity (Wildman–Crippen MR) is 112 cm³/mol. The van der Waals surface area contributed by atoms with Crippen molar-refractivity contribution in [3.63, 3.8) is 0 Å². The van der Waals surface area contributed by atoms with Crippen LogP contribution in [0, 0.1) is 5.92 Å². The zero-order valence-corrected chi connectivity index (χ0v) is 17.6. The molecule has 1 aromatic carbocycles. The Kier molecular flexibility index (Phi) is 6.67. The lowest BCUT2D eigenvalue weighted by Crippen LogP contribution is -2.45. The van der Waals surface area contributed by atoms with E-state index in [9.17, 15) is 9.90 Å². The first-order valence-corrected chi connectivity index (χ1v) is 11.1. The van der Waals surface area contributed by atoms with Crippen LogP contribution in [0.15, 0.2) is 28.8 Å². The Balaban J connectivity index is 1.28. The standard InChI is InChI=1S/C23H31N3O4/c1-29-17-13-11-16(12-14-17)23-24-21(30-25-23)9-4-10-22(28)26-15-5-7-19(26)18-6-2-3-8-20(18)27/h11-14,18-20,27H,2-10,15H2,1H3/t18-,19+,20-/m0/s1. The van der Waals surface area contributed by atoms with Gasteiger partial charge in [-0.25, -0.2) is 0 Å². The van der Waals surface area contributed by atoms with Crippen molar-refractivity contribution in [2.45, 2.75) is 69.9 Å². The number of carbonyl (C=O) groups is 1. The van der Waals surface area contributed by atoms with Crippen molar-refractivity contribution in [2.24, 2.45) is 5.92 Å². The Labute approximate surface area is 177 Å². The summed E-state index contributed by atoms with van der Waals surface area (Å²) >= 11 is 0. The van der Waals surface area contributed by atoms with Crippen LogP contribution in [-0.2, 0) is 11.2 Å². The van der Waals surface area contributed by atoms with E-state index < -0.39 is 0 Å². The Bertz CT molecular complexity index is 835. The third-order valence-corrected chi connectivity index (χ3v) is 6.49. The number of aliphatic hydroxyl groups excluding tert-OH is 1. The first kappa shape index (κ1) is 20.8. The highest BCUT2D eigenvalue weighted by molar-refractivity contribution is 5.76. The van der Waals surface area contributed by atoms with E-state index in [0.29, 0.717) is 31.0 Å². The molecular weight excluding hydrogens is 382 g/mol. The van der Waals surface area contributed by atoms with Crippen molar-refractivity contribution in [3.05, 3.63) is 30.2 Å². The van der Waals surface area contributed by atoms with E-state index in [1.54, 1.807) is 7.11 Å². The molecule has 1 saturated heterocycles. The molecule has 1 saturated carbocycles. The van der Waals surface area contributed by atoms with Gasteiger partial charge in [0.25, 0.3) is 0 Å². The molecule has 0 unspecified atom stereocenters. The number of likely N-dealkylation sites (tertiary alicyclic amines) is 1. The number of nitrogens with zero attached hydrogens (tertiary/aromatic N) is 3. The van der Waals surface area contributed by atoms with Gasteiger partial charge < -0.3 is 19.3 Å². The molecule has 7 nitrogen and oxygen atoms in total. The van der Waals surface area contributed by atoms with Gasteiger partial charge in [0.05, 0.1) is 13.2 Å². The van der Waals surface area contributed by atoms with E-state index in [-0.39, 0.29) is 24.0 Å². The summed E-state index contributed by atoms with van der Waals surface area (Å²) in [4.78, 5) is 19.3. The molecule has 2 fully saturated rings. The van der Waals surface area contributed by atoms with Crippen LogP contribution in [0.2, 0.25) is 0 Å². The van der Waals surface area contributed by atoms with Crippen molar-refractivity contribution in [1.82, 2.24) is 15.0 Å². The highest BCUT2D eigenvalue weighted by Crippen LogP contribution is 2.35. The summed E-state index contributed by atoms with van der Waals surface area (Å²) in [6, 6.07) is 7.71. The Morgan fingerprint density at radius 1 is 1.20 bits per heavy atom. The zero-order chi connectivity index (χ0) is 20.9. The average molecular weight is 414 g/mol. The molecule has 1 amide bonds. The maximum Gasteiger partial charge on any atom is 0.226 e. The van der Waals surface area contributed by atoms with E-state index in [1.165, 1.54) is 0 Å². The van der Waals surface area contributed by atoms with Gasteiger partial charge in [0.2, 0.25) is 17.6 Å². The lowest BCUT2D eigenvalue weighted by Gasteiger charge is -2.37. The van der Waals surface area contributed by atoms with Crippen LogP contribution < -0.4 is 4.74 Å². The highest BCUT2D eigenvalue weighted by Gasteiger charge is 2.38. The number of aromatic nitrogens is 2. The van der Waals surface area contributed by atoms with E-state index in [4.69, 9.17) is 9.26 Å². The third kappa shape index (κ3) is 4.67. The van der Waals surface area contributed by atoms with Gasteiger partial charge in [0, 0.05) is 36.9 Å². The van der Waals surface area contributed by atoms with Crippen molar-refractivity contribution in [3.8, 4) is 17.1 Å². The summed E-state index contributed by atoms with van der Waals surface area (Å²) in [5.74, 6) is 2.31. The minimum absolute atomic E-state index is 0.185. The third-order valence-electron chi connectivity index (χ3n) is 6.49. The van der Waals surface area contributed by atoms with Crippen molar-refractivity contribution in [1.29, 1.82) is 0 Å². The largest absolute Gasteiger partial charge is 0.497 e. The summed E-state index contributed by atoms with van der Waals surface area (Å²) < 4.78 is 10.5. The first-order chi connectivity index (χ1) is 14.7. The lowest BCUT2D eigenvalue weighted by atomic mass is 9.80. The van der Waals surface area contributed by atoms with Crippen LogP contribution >= 0.6 is 0 Å². The topological polar surface area (TPSA) is 88.7 Å². The fourth-order valence-electron chi connectivity index (χ4n) is 4.88. The second kappa shape index (κ2) is 9.60. The molecule has 2 aliphatic rings. The summed E-state index contributed by atoms with van der Waals surface area (Å²) in [6.07, 6.45) is 7.69. The Hall–Kier alpha value is -2.41. The molecule has 0 radical (unpaired) electrons. The molecule has 4 rings (SSSR count). The van der Waals surface area contributed by atoms with Crippen molar-refractivity contribution in [2.75, 3.05) is 13.7 Å². The van der Waals surface area contributed by atoms with E-state index in [1.807, 2.05) is 29.2 Å². The number of benzene rings is 1. The Morgan fingerprint density at radius 3 is 2.77 bits per heavy atom. The molecule has 162 valence electrons. The first-order valence-electron chi connectivity index (χ1n) is 11.1. The minimum Gasteiger partial charge on any atom is -0.497 e. The van der Waals surface area contributed by atoms with Crippen LogP contribution in [-0.4, -0.2) is 51.9 Å². The molecule has 2 aromatic rings. The fourth-order valence-corrected chi connectivity index (χ4v) is 4.88. The number of aliphatic hydroxyl groups is 1. The van der Waals surface area contributed by atoms with Gasteiger partial charge in [-0.1, -0.05) is 18.0 Å². The molecule has 0 bridgehead atoms. The number of amides is 1. The van der Waals surface area contributed by atoms with Crippen LogP contribution in [0.1, 0.15) is 57.3 Å². The molecular formula is C23H31N3O4. The summed E-state index contributed by atoms with van der Waals surface area (Å²) in [6.45, 7) is 0.814. The van der Waals surface area contributed by atoms with Gasteiger partial charge >= 0.3 is 0 Å². The zero-order valence-electron chi connectivity index (χ0n) is 17.6. The SMILES string of the molecule is COc1ccc(-c2noc(CCCC(=O)N3CCC[C@@H]3[C@@H]3CCCC[C@@H]3O)n2)cc1. The average Bonchev–Trinajstić information content (AvgIpc) is 3.44. The monoisotopic (exact) mass is 413 g/mol. The number of rotatable bonds is 7. The molecule has 3 atom stereocenters. The molecule has 2 heterocycles. The molecule has 1 aliphatic carbocycles. The Morgan fingerprint density at radius 2 is 2.00 bits per heavy atom. The van der Waals surface area contributed by atoms with Gasteiger partial charge in [0.15, 0.2) is 0 Å². The van der Waals surface area contributed by atoms with Crippen LogP contribution in [0.25, 0.3) is 11.4 Å². The molecule has 7 heteroatoms. The highest BCUT2D eigenvalue weighted by atomic mass is 16.5. The molecule has 1 aromatic heterocycles. The maximum atomic E-state index is 12.8. The fraction of sp³-hybridized carbons (Fsp3) is 0.609. The number of ether oxygens (including phenoxy) is 1. The van der Waals surface area contributed by atoms with Crippen molar-refractivity contribution >= 4 is 5.91 Å². The van der Waals surface area contributed by atoms with Gasteiger partial charge in [-0.05, 0) is 56.4 Å². The summed E-state index contributed by atoms with van der Waals surface area (Å²) in [5.41, 5.74) is 0.868. The van der Waals surface area contributed by atoms with Crippen LogP contribution in [0.3, 0.4) is 0 Å². The lowest BCUT2D eigenvalue weighted by molar-refractivity contribution is -0.134. The number of aryl methyl sites for hydroxylation is 1. The quantitative estimate of drug-likeness (QED) is 0.746. The summed E-state index contributed by atoms with van der Waals surface area (Å²) in [7, 11) is 1.63. The molecule has 30 heavy (non-hydrogen) atoms. The van der Waals surface area contributed by atoms with Gasteiger partial charge in [-0.2, -0.15) is 4.98 Å². The van der Waals surface area contributed by atoms with E-state index in [0.717, 1.165) is 56.4 Å². The predicted octanol–water partition coefficient (Wildman–Crippen LogP) is 3.61. The van der Waals surface area contributed by atoms with Gasteiger partial charge in [-0.15, -0.1) is 0 Å².